The van der Waals surface area contributed by atoms with Crippen LogP contribution < -0.4 is 0 Å². The van der Waals surface area contributed by atoms with Crippen LogP contribution in [0.3, 0.4) is 0 Å². The molecule has 0 spiro atoms. The van der Waals surface area contributed by atoms with Crippen molar-refractivity contribution in [2.75, 3.05) is 13.2 Å². The lowest BCUT2D eigenvalue weighted by molar-refractivity contribution is -0.152. The Morgan fingerprint density at radius 3 is 1.43 bits per heavy atom. The molecule has 6 heteroatoms. The third kappa shape index (κ3) is 38.2. The molecule has 0 aliphatic rings. The van der Waals surface area contributed by atoms with E-state index in [9.17, 15) is 19.5 Å². The quantitative estimate of drug-likeness (QED) is 0.0232. The van der Waals surface area contributed by atoms with Crippen molar-refractivity contribution in [3.63, 3.8) is 0 Å². The van der Waals surface area contributed by atoms with Gasteiger partial charge >= 0.3 is 11.9 Å². The number of esters is 2. The fourth-order valence-electron chi connectivity index (χ4n) is 5.45. The normalized spacial score (nSPS) is 12.6. The van der Waals surface area contributed by atoms with E-state index in [4.69, 9.17) is 9.47 Å². The number of hydrogen-bond acceptors (Lipinski definition) is 6. The van der Waals surface area contributed by atoms with Gasteiger partial charge in [-0.2, -0.15) is 0 Å². The van der Waals surface area contributed by atoms with Crippen molar-refractivity contribution in [1.29, 1.82) is 0 Å². The number of rotatable bonds is 36. The summed E-state index contributed by atoms with van der Waals surface area (Å²) in [5.74, 6) is -0.471. The zero-order valence-corrected chi connectivity index (χ0v) is 31.7. The first-order valence-corrected chi connectivity index (χ1v) is 20.1. The molecule has 0 saturated carbocycles. The summed E-state index contributed by atoms with van der Waals surface area (Å²) in [6.07, 6.45) is 44.4. The summed E-state index contributed by atoms with van der Waals surface area (Å²) in [5, 5.41) is 10.0. The molecule has 0 rings (SSSR count). The van der Waals surface area contributed by atoms with E-state index in [0.29, 0.717) is 19.3 Å². The zero-order valence-electron chi connectivity index (χ0n) is 31.7. The number of aliphatic hydroxyl groups is 1. The predicted molar refractivity (Wildman–Crippen MR) is 205 cm³/mol. The molecular weight excluding hydrogens is 612 g/mol. The number of ketones is 1. The van der Waals surface area contributed by atoms with Crippen LogP contribution in [-0.4, -0.2) is 42.1 Å². The molecule has 0 saturated heterocycles. The average Bonchev–Trinajstić information content (AvgIpc) is 3.09. The number of hydrogen-bond donors (Lipinski definition) is 1. The average molecular weight is 687 g/mol. The lowest BCUT2D eigenvalue weighted by atomic mass is 10.0. The maximum Gasteiger partial charge on any atom is 0.305 e. The Balaban J connectivity index is 3.56. The molecule has 0 aromatic heterocycles. The van der Waals surface area contributed by atoms with Crippen molar-refractivity contribution in [1.82, 2.24) is 0 Å². The minimum atomic E-state index is -1.00. The zero-order chi connectivity index (χ0) is 35.9. The number of ether oxygens (including phenoxy) is 2. The summed E-state index contributed by atoms with van der Waals surface area (Å²) in [6, 6.07) is 0. The molecular formula is C43H74O6. The highest BCUT2D eigenvalue weighted by Crippen LogP contribution is 2.14. The van der Waals surface area contributed by atoms with E-state index in [1.54, 1.807) is 6.08 Å². The van der Waals surface area contributed by atoms with Crippen molar-refractivity contribution >= 4 is 17.7 Å². The van der Waals surface area contributed by atoms with Crippen molar-refractivity contribution < 1.29 is 29.0 Å². The molecule has 1 atom stereocenters. The van der Waals surface area contributed by atoms with Crippen molar-refractivity contribution in [3.8, 4) is 0 Å². The predicted octanol–water partition coefficient (Wildman–Crippen LogP) is 11.8. The van der Waals surface area contributed by atoms with Crippen molar-refractivity contribution in [3.05, 3.63) is 48.6 Å². The minimum absolute atomic E-state index is 0.146. The van der Waals surface area contributed by atoms with Crippen LogP contribution in [-0.2, 0) is 23.9 Å². The summed E-state index contributed by atoms with van der Waals surface area (Å²) in [4.78, 5) is 35.6. The van der Waals surface area contributed by atoms with Crippen LogP contribution in [0.5, 0.6) is 0 Å². The molecule has 6 nitrogen and oxygen atoms in total. The molecule has 0 bridgehead atoms. The third-order valence-electron chi connectivity index (χ3n) is 8.54. The number of carbonyl (C=O) groups excluding carboxylic acids is 3. The Labute approximate surface area is 301 Å². The monoisotopic (exact) mass is 687 g/mol. The second-order valence-corrected chi connectivity index (χ2v) is 13.4. The Kier molecular flexibility index (Phi) is 36.4. The molecule has 0 aliphatic heterocycles. The van der Waals surface area contributed by atoms with Gasteiger partial charge in [0.1, 0.15) is 19.3 Å². The summed E-state index contributed by atoms with van der Waals surface area (Å²) in [6.45, 7) is 4.10. The fourth-order valence-corrected chi connectivity index (χ4v) is 5.45. The first-order valence-electron chi connectivity index (χ1n) is 20.1. The molecule has 0 aliphatic carbocycles. The van der Waals surface area contributed by atoms with E-state index >= 15 is 0 Å². The number of unbranched alkanes of at least 4 members (excludes halogenated alkanes) is 19. The molecule has 0 heterocycles. The van der Waals surface area contributed by atoms with Gasteiger partial charge in [-0.25, -0.2) is 0 Å². The molecule has 1 N–H and O–H groups in total. The van der Waals surface area contributed by atoms with Crippen LogP contribution in [0.2, 0.25) is 0 Å². The Bertz CT molecular complexity index is 887. The molecule has 49 heavy (non-hydrogen) atoms. The fraction of sp³-hybridized carbons (Fsp3) is 0.744. The number of carbonyl (C=O) groups is 3. The molecule has 0 fully saturated rings. The van der Waals surface area contributed by atoms with E-state index < -0.39 is 6.10 Å². The first-order chi connectivity index (χ1) is 24.0. The molecule has 0 aromatic carbocycles. The second kappa shape index (κ2) is 38.3. The van der Waals surface area contributed by atoms with Gasteiger partial charge in [-0.15, -0.1) is 0 Å². The van der Waals surface area contributed by atoms with Crippen LogP contribution in [0.25, 0.3) is 0 Å². The van der Waals surface area contributed by atoms with Crippen molar-refractivity contribution in [2.45, 2.75) is 193 Å². The summed E-state index contributed by atoms with van der Waals surface area (Å²) >= 11 is 0. The van der Waals surface area contributed by atoms with Gasteiger partial charge in [-0.3, -0.25) is 14.4 Å². The highest BCUT2D eigenvalue weighted by molar-refractivity contribution is 5.89. The van der Waals surface area contributed by atoms with Gasteiger partial charge in [0.05, 0.1) is 0 Å². The molecule has 0 aromatic rings. The van der Waals surface area contributed by atoms with Crippen LogP contribution in [0.1, 0.15) is 187 Å². The lowest BCUT2D eigenvalue weighted by Crippen LogP contribution is -2.25. The largest absolute Gasteiger partial charge is 0.463 e. The summed E-state index contributed by atoms with van der Waals surface area (Å²) in [5.41, 5.74) is 0. The van der Waals surface area contributed by atoms with Gasteiger partial charge in [0.25, 0.3) is 0 Å². The van der Waals surface area contributed by atoms with E-state index in [1.807, 2.05) is 18.2 Å². The topological polar surface area (TPSA) is 89.9 Å². The van der Waals surface area contributed by atoms with Gasteiger partial charge < -0.3 is 14.6 Å². The molecule has 0 unspecified atom stereocenters. The highest BCUT2D eigenvalue weighted by atomic mass is 16.6. The van der Waals surface area contributed by atoms with E-state index in [0.717, 1.165) is 57.8 Å². The number of aliphatic hydroxyl groups excluding tert-OH is 1. The maximum atomic E-state index is 12.0. The third-order valence-corrected chi connectivity index (χ3v) is 8.54. The SMILES string of the molecule is CCCCCCCCCCCCCCCCCCCC(=O)OC[C@@H](O)COC(=O)CCC/C=C\C/C=C\C/C=C\C=C\C(=O)CCCCC. The smallest absolute Gasteiger partial charge is 0.305 e. The second-order valence-electron chi connectivity index (χ2n) is 13.4. The molecule has 0 amide bonds. The lowest BCUT2D eigenvalue weighted by Gasteiger charge is -2.12. The summed E-state index contributed by atoms with van der Waals surface area (Å²) in [7, 11) is 0. The van der Waals surface area contributed by atoms with Gasteiger partial charge in [0, 0.05) is 19.3 Å². The first kappa shape index (κ1) is 46.5. The Morgan fingerprint density at radius 1 is 0.490 bits per heavy atom. The maximum absolute atomic E-state index is 12.0. The molecule has 0 radical (unpaired) electrons. The van der Waals surface area contributed by atoms with Gasteiger partial charge in [0.15, 0.2) is 5.78 Å². The minimum Gasteiger partial charge on any atom is -0.463 e. The number of allylic oxidation sites excluding steroid dienone is 8. The van der Waals surface area contributed by atoms with Gasteiger partial charge in [-0.05, 0) is 44.6 Å². The van der Waals surface area contributed by atoms with E-state index in [1.165, 1.54) is 89.9 Å². The van der Waals surface area contributed by atoms with Crippen LogP contribution in [0.15, 0.2) is 48.6 Å². The Hall–Kier alpha value is -2.47. The van der Waals surface area contributed by atoms with Crippen molar-refractivity contribution in [2.24, 2.45) is 0 Å². The van der Waals surface area contributed by atoms with E-state index in [2.05, 4.69) is 38.2 Å². The van der Waals surface area contributed by atoms with Crippen LogP contribution in [0, 0.1) is 0 Å². The summed E-state index contributed by atoms with van der Waals surface area (Å²) < 4.78 is 10.3. The molecule has 282 valence electrons. The Morgan fingerprint density at radius 2 is 0.898 bits per heavy atom. The van der Waals surface area contributed by atoms with E-state index in [-0.39, 0.29) is 37.4 Å². The van der Waals surface area contributed by atoms with Gasteiger partial charge in [0.2, 0.25) is 0 Å². The van der Waals surface area contributed by atoms with Crippen LogP contribution >= 0.6 is 0 Å². The van der Waals surface area contributed by atoms with Crippen LogP contribution in [0.4, 0.5) is 0 Å². The van der Waals surface area contributed by atoms with Gasteiger partial charge in [-0.1, -0.05) is 172 Å². The standard InChI is InChI=1S/C43H74O6/c1-3-5-7-8-9-10-11-12-13-14-15-16-19-22-25-28-32-36-42(46)48-38-41(45)39-49-43(47)37-33-29-26-23-20-17-18-21-24-27-31-35-40(44)34-30-6-4-2/h17-18,23-24,26-27,31,35,41,45H,3-16,19-22,25,28-30,32-34,36-39H2,1-2H3/b18-17-,26-23-,27-24-,35-31+/t41-/m1/s1. The highest BCUT2D eigenvalue weighted by Gasteiger charge is 2.12.